The van der Waals surface area contributed by atoms with Crippen LogP contribution in [0.4, 0.5) is 0 Å². The highest BCUT2D eigenvalue weighted by atomic mass is 15.0. The van der Waals surface area contributed by atoms with Gasteiger partial charge in [0.2, 0.25) is 0 Å². The third-order valence-corrected chi connectivity index (χ3v) is 12.1. The molecule has 0 saturated carbocycles. The van der Waals surface area contributed by atoms with E-state index in [0.717, 1.165) is 39.3 Å². The number of para-hydroxylation sites is 6. The zero-order chi connectivity index (χ0) is 38.9. The zero-order valence-corrected chi connectivity index (χ0v) is 32.2. The molecule has 0 aliphatic carbocycles. The molecule has 12 aromatic rings. The van der Waals surface area contributed by atoms with Crippen molar-refractivity contribution < 1.29 is 0 Å². The normalized spacial score (nSPS) is 11.7. The van der Waals surface area contributed by atoms with E-state index in [2.05, 4.69) is 238 Å². The molecule has 0 fully saturated rings. The Balaban J connectivity index is 0.986. The van der Waals surface area contributed by atoms with Gasteiger partial charge in [-0.15, -0.1) is 0 Å². The van der Waals surface area contributed by atoms with Crippen LogP contribution in [0.1, 0.15) is 16.7 Å². The van der Waals surface area contributed by atoms with Crippen LogP contribution in [0.15, 0.2) is 218 Å². The Morgan fingerprint density at radius 3 is 0.763 bits per heavy atom. The van der Waals surface area contributed by atoms with Crippen molar-refractivity contribution in [1.82, 2.24) is 13.7 Å². The van der Waals surface area contributed by atoms with Crippen molar-refractivity contribution >= 4 is 77.1 Å². The summed E-state index contributed by atoms with van der Waals surface area (Å²) >= 11 is 0. The maximum atomic E-state index is 2.38. The molecule has 0 amide bonds. The molecular weight excluding hydrogens is 715 g/mol. The molecule has 12 rings (SSSR count). The molecule has 0 bridgehead atoms. The van der Waals surface area contributed by atoms with Crippen molar-refractivity contribution in [3.63, 3.8) is 0 Å². The summed E-state index contributed by atoms with van der Waals surface area (Å²) in [5, 5.41) is 7.59. The molecular formula is C56H37N3. The molecule has 3 nitrogen and oxygen atoms in total. The van der Waals surface area contributed by atoms with Gasteiger partial charge in [-0.25, -0.2) is 0 Å². The minimum Gasteiger partial charge on any atom is -0.309 e. The Morgan fingerprint density at radius 2 is 0.492 bits per heavy atom. The van der Waals surface area contributed by atoms with E-state index in [-0.39, 0.29) is 0 Å². The Hall–Kier alpha value is -7.88. The highest BCUT2D eigenvalue weighted by Crippen LogP contribution is 2.37. The van der Waals surface area contributed by atoms with Gasteiger partial charge in [-0.1, -0.05) is 146 Å². The van der Waals surface area contributed by atoms with Crippen LogP contribution >= 0.6 is 0 Å². The molecule has 9 aromatic carbocycles. The monoisotopic (exact) mass is 751 g/mol. The van der Waals surface area contributed by atoms with Crippen molar-refractivity contribution in [2.45, 2.75) is 0 Å². The SMILES string of the molecule is C(=C(c1ccc(-n2c3ccccc3c3ccccc32)cc1)c1ccc(-n2c3ccccc3c3ccccc32)cc1)c1ccc(-n2c3ccccc3c3ccccc32)cc1. The molecule has 0 aliphatic heterocycles. The second-order valence-corrected chi connectivity index (χ2v) is 15.4. The lowest BCUT2D eigenvalue weighted by molar-refractivity contribution is 1.18. The van der Waals surface area contributed by atoms with E-state index in [1.165, 1.54) is 65.4 Å². The van der Waals surface area contributed by atoms with Gasteiger partial charge in [0.15, 0.2) is 0 Å². The van der Waals surface area contributed by atoms with Gasteiger partial charge in [0.1, 0.15) is 0 Å². The number of rotatable bonds is 6. The minimum atomic E-state index is 1.14. The second-order valence-electron chi connectivity index (χ2n) is 15.4. The van der Waals surface area contributed by atoms with Crippen LogP contribution in [0.3, 0.4) is 0 Å². The van der Waals surface area contributed by atoms with Gasteiger partial charge in [0, 0.05) is 49.4 Å². The fourth-order valence-corrected chi connectivity index (χ4v) is 9.40. The average molecular weight is 752 g/mol. The first kappa shape index (κ1) is 33.3. The lowest BCUT2D eigenvalue weighted by Crippen LogP contribution is -1.97. The van der Waals surface area contributed by atoms with Crippen molar-refractivity contribution in [3.8, 4) is 17.1 Å². The van der Waals surface area contributed by atoms with Crippen LogP contribution < -0.4 is 0 Å². The van der Waals surface area contributed by atoms with Gasteiger partial charge in [-0.2, -0.15) is 0 Å². The molecule has 0 radical (unpaired) electrons. The highest BCUT2D eigenvalue weighted by Gasteiger charge is 2.16. The second kappa shape index (κ2) is 13.4. The lowest BCUT2D eigenvalue weighted by atomic mass is 9.95. The van der Waals surface area contributed by atoms with Crippen molar-refractivity contribution in [2.75, 3.05) is 0 Å². The number of aromatic nitrogens is 3. The third-order valence-electron chi connectivity index (χ3n) is 12.1. The summed E-state index contributed by atoms with van der Waals surface area (Å²) < 4.78 is 7.14. The van der Waals surface area contributed by atoms with E-state index in [9.17, 15) is 0 Å². The molecule has 59 heavy (non-hydrogen) atoms. The smallest absolute Gasteiger partial charge is 0.0541 e. The zero-order valence-electron chi connectivity index (χ0n) is 32.2. The molecule has 0 N–H and O–H groups in total. The molecule has 3 heteroatoms. The van der Waals surface area contributed by atoms with Gasteiger partial charge in [0.05, 0.1) is 33.1 Å². The molecule has 3 aromatic heterocycles. The minimum absolute atomic E-state index is 1.14. The van der Waals surface area contributed by atoms with E-state index in [1.807, 2.05) is 0 Å². The molecule has 3 heterocycles. The van der Waals surface area contributed by atoms with E-state index >= 15 is 0 Å². The third kappa shape index (κ3) is 5.29. The first-order valence-electron chi connectivity index (χ1n) is 20.3. The summed E-state index contributed by atoms with van der Waals surface area (Å²) in [5.41, 5.74) is 15.3. The fraction of sp³-hybridized carbons (Fsp3) is 0. The summed E-state index contributed by atoms with van der Waals surface area (Å²) in [6, 6.07) is 79.3. The number of benzene rings is 9. The molecule has 0 aliphatic rings. The summed E-state index contributed by atoms with van der Waals surface area (Å²) in [6.07, 6.45) is 2.33. The van der Waals surface area contributed by atoms with Gasteiger partial charge in [0.25, 0.3) is 0 Å². The van der Waals surface area contributed by atoms with Crippen LogP contribution in [0.5, 0.6) is 0 Å². The Kier molecular flexibility index (Phi) is 7.54. The van der Waals surface area contributed by atoms with Crippen molar-refractivity contribution in [1.29, 1.82) is 0 Å². The predicted octanol–water partition coefficient (Wildman–Crippen LogP) is 14.6. The lowest BCUT2D eigenvalue weighted by Gasteiger charge is -2.14. The van der Waals surface area contributed by atoms with Crippen LogP contribution in [0, 0.1) is 0 Å². The molecule has 0 spiro atoms. The largest absolute Gasteiger partial charge is 0.309 e. The van der Waals surface area contributed by atoms with E-state index in [4.69, 9.17) is 0 Å². The molecule has 0 unspecified atom stereocenters. The van der Waals surface area contributed by atoms with E-state index in [0.29, 0.717) is 0 Å². The Bertz CT molecular complexity index is 3260. The van der Waals surface area contributed by atoms with Crippen LogP contribution in [0.25, 0.3) is 94.1 Å². The maximum absolute atomic E-state index is 2.38. The van der Waals surface area contributed by atoms with Crippen LogP contribution in [-0.4, -0.2) is 13.7 Å². The highest BCUT2D eigenvalue weighted by molar-refractivity contribution is 6.11. The molecule has 276 valence electrons. The Morgan fingerprint density at radius 1 is 0.254 bits per heavy atom. The van der Waals surface area contributed by atoms with Gasteiger partial charge >= 0.3 is 0 Å². The number of nitrogens with zero attached hydrogens (tertiary/aromatic N) is 3. The van der Waals surface area contributed by atoms with E-state index in [1.54, 1.807) is 0 Å². The van der Waals surface area contributed by atoms with Gasteiger partial charge in [-0.3, -0.25) is 0 Å². The van der Waals surface area contributed by atoms with Crippen molar-refractivity contribution in [2.24, 2.45) is 0 Å². The summed E-state index contributed by atoms with van der Waals surface area (Å²) in [6.45, 7) is 0. The standard InChI is InChI=1S/C56H37N3/c1-7-19-51-44(13-1)45-14-2-8-20-52(45)57(51)41-31-25-38(26-32-41)37-50(39-27-33-42(34-28-39)58-53-21-9-3-15-46(53)47-16-4-10-22-54(47)58)40-29-35-43(36-30-40)59-55-23-11-5-17-48(55)49-18-6-12-24-56(49)59/h1-37H. The topological polar surface area (TPSA) is 14.8 Å². The van der Waals surface area contributed by atoms with Gasteiger partial charge < -0.3 is 13.7 Å². The summed E-state index contributed by atoms with van der Waals surface area (Å²) in [4.78, 5) is 0. The molecule has 0 atom stereocenters. The summed E-state index contributed by atoms with van der Waals surface area (Å²) in [5.74, 6) is 0. The first-order chi connectivity index (χ1) is 29.3. The first-order valence-corrected chi connectivity index (χ1v) is 20.3. The maximum Gasteiger partial charge on any atom is 0.0541 e. The van der Waals surface area contributed by atoms with E-state index < -0.39 is 0 Å². The summed E-state index contributed by atoms with van der Waals surface area (Å²) in [7, 11) is 0. The number of hydrogen-bond donors (Lipinski definition) is 0. The fourth-order valence-electron chi connectivity index (χ4n) is 9.40. The van der Waals surface area contributed by atoms with Gasteiger partial charge in [-0.05, 0) is 101 Å². The number of fused-ring (bicyclic) bond motifs is 9. The Labute approximate surface area is 341 Å². The predicted molar refractivity (Wildman–Crippen MR) is 249 cm³/mol. The molecule has 0 saturated heterocycles. The number of hydrogen-bond acceptors (Lipinski definition) is 0. The average Bonchev–Trinajstić information content (AvgIpc) is 3.95. The quantitative estimate of drug-likeness (QED) is 0.150. The van der Waals surface area contributed by atoms with Crippen molar-refractivity contribution in [3.05, 3.63) is 235 Å². The van der Waals surface area contributed by atoms with Crippen LogP contribution in [0.2, 0.25) is 0 Å². The van der Waals surface area contributed by atoms with Crippen LogP contribution in [-0.2, 0) is 0 Å².